The Morgan fingerprint density at radius 1 is 1.53 bits per heavy atom. The van der Waals surface area contributed by atoms with Crippen molar-refractivity contribution in [1.29, 1.82) is 0 Å². The van der Waals surface area contributed by atoms with Gasteiger partial charge in [0.1, 0.15) is 12.2 Å². The Labute approximate surface area is 113 Å². The highest BCUT2D eigenvalue weighted by Crippen LogP contribution is 2.49. The lowest BCUT2D eigenvalue weighted by molar-refractivity contribution is -0.140. The van der Waals surface area contributed by atoms with E-state index in [1.807, 2.05) is 19.9 Å². The molecule has 0 aromatic carbocycles. The molecule has 0 aromatic rings. The predicted molar refractivity (Wildman–Crippen MR) is 69.3 cm³/mol. The van der Waals surface area contributed by atoms with E-state index in [9.17, 15) is 9.90 Å². The third-order valence-electron chi connectivity index (χ3n) is 4.65. The average molecular weight is 264 g/mol. The maximum atomic E-state index is 11.7. The number of aliphatic hydroxyl groups is 1. The molecule has 3 aliphatic rings. The zero-order valence-electron chi connectivity index (χ0n) is 11.3. The molecule has 104 valence electrons. The highest BCUT2D eigenvalue weighted by Gasteiger charge is 2.61. The summed E-state index contributed by atoms with van der Waals surface area (Å²) in [4.78, 5) is 11.7. The van der Waals surface area contributed by atoms with E-state index < -0.39 is 6.10 Å². The number of hydrogen-bond donors (Lipinski definition) is 1. The van der Waals surface area contributed by atoms with Crippen molar-refractivity contribution in [3.8, 4) is 0 Å². The number of aliphatic hydroxyl groups excluding tert-OH is 1. The van der Waals surface area contributed by atoms with Crippen molar-refractivity contribution in [3.05, 3.63) is 24.3 Å². The van der Waals surface area contributed by atoms with Gasteiger partial charge in [0, 0.05) is 11.5 Å². The molecule has 2 saturated heterocycles. The second kappa shape index (κ2) is 4.18. The van der Waals surface area contributed by atoms with Crippen LogP contribution in [0.5, 0.6) is 0 Å². The molecule has 0 radical (unpaired) electrons. The number of esters is 1. The Kier molecular flexibility index (Phi) is 2.84. The summed E-state index contributed by atoms with van der Waals surface area (Å²) in [5, 5.41) is 10.2. The topological polar surface area (TPSA) is 59.1 Å². The zero-order chi connectivity index (χ0) is 13.8. The first-order chi connectivity index (χ1) is 8.92. The van der Waals surface area contributed by atoms with Crippen molar-refractivity contribution in [1.82, 2.24) is 0 Å². The molecule has 0 amide bonds. The molecular formula is C15H20O4. The largest absolute Gasteiger partial charge is 0.455 e. The molecule has 4 heteroatoms. The summed E-state index contributed by atoms with van der Waals surface area (Å²) in [5.41, 5.74) is 0.227. The van der Waals surface area contributed by atoms with Gasteiger partial charge in [0.05, 0.1) is 11.7 Å². The minimum atomic E-state index is -0.488. The van der Waals surface area contributed by atoms with E-state index in [4.69, 9.17) is 9.47 Å². The molecule has 2 aliphatic heterocycles. The molecule has 1 N–H and O–H groups in total. The van der Waals surface area contributed by atoms with Gasteiger partial charge in [-0.15, -0.1) is 0 Å². The Hall–Kier alpha value is -1.13. The molecule has 4 nitrogen and oxygen atoms in total. The fourth-order valence-corrected chi connectivity index (χ4v) is 3.13. The molecule has 0 aromatic heterocycles. The van der Waals surface area contributed by atoms with E-state index in [0.29, 0.717) is 12.0 Å². The van der Waals surface area contributed by atoms with Crippen molar-refractivity contribution in [2.24, 2.45) is 11.8 Å². The summed E-state index contributed by atoms with van der Waals surface area (Å²) in [6.07, 6.45) is 4.50. The van der Waals surface area contributed by atoms with Crippen LogP contribution in [0.2, 0.25) is 0 Å². The predicted octanol–water partition coefficient (Wildman–Crippen LogP) is 1.59. The number of rotatable bonds is 0. The van der Waals surface area contributed by atoms with E-state index >= 15 is 0 Å². The third-order valence-corrected chi connectivity index (χ3v) is 4.65. The minimum Gasteiger partial charge on any atom is -0.455 e. The molecule has 6 atom stereocenters. The van der Waals surface area contributed by atoms with E-state index in [-0.39, 0.29) is 35.6 Å². The number of ether oxygens (including phenoxy) is 2. The lowest BCUT2D eigenvalue weighted by Crippen LogP contribution is -2.32. The molecule has 19 heavy (non-hydrogen) atoms. The van der Waals surface area contributed by atoms with Gasteiger partial charge >= 0.3 is 5.97 Å². The van der Waals surface area contributed by atoms with Gasteiger partial charge in [-0.05, 0) is 25.7 Å². The Bertz CT molecular complexity index is 455. The molecule has 1 aliphatic carbocycles. The Morgan fingerprint density at radius 2 is 2.26 bits per heavy atom. The number of carbonyl (C=O) groups excluding carboxylic acids is 1. The Morgan fingerprint density at radius 3 is 3.00 bits per heavy atom. The molecule has 3 rings (SSSR count). The van der Waals surface area contributed by atoms with Crippen LogP contribution in [0.4, 0.5) is 0 Å². The number of fused-ring (bicyclic) bond motifs is 3. The lowest BCUT2D eigenvalue weighted by atomic mass is 9.82. The lowest BCUT2D eigenvalue weighted by Gasteiger charge is -2.24. The Balaban J connectivity index is 1.91. The minimum absolute atomic E-state index is 0.0584. The molecular weight excluding hydrogens is 244 g/mol. The summed E-state index contributed by atoms with van der Waals surface area (Å²) in [6, 6.07) is 0. The molecule has 2 fully saturated rings. The molecule has 0 bridgehead atoms. The summed E-state index contributed by atoms with van der Waals surface area (Å²) in [6.45, 7) is 7.84. The highest BCUT2D eigenvalue weighted by atomic mass is 16.6. The fourth-order valence-electron chi connectivity index (χ4n) is 3.13. The van der Waals surface area contributed by atoms with Gasteiger partial charge in [-0.2, -0.15) is 0 Å². The van der Waals surface area contributed by atoms with E-state index in [2.05, 4.69) is 12.7 Å². The molecule has 6 unspecified atom stereocenters. The van der Waals surface area contributed by atoms with Crippen molar-refractivity contribution in [3.63, 3.8) is 0 Å². The van der Waals surface area contributed by atoms with Crippen molar-refractivity contribution >= 4 is 5.97 Å². The molecule has 0 saturated carbocycles. The van der Waals surface area contributed by atoms with Crippen LogP contribution in [0.25, 0.3) is 0 Å². The number of hydrogen-bond acceptors (Lipinski definition) is 4. The summed E-state index contributed by atoms with van der Waals surface area (Å²) in [5.74, 6) is -0.425. The smallest absolute Gasteiger partial charge is 0.334 e. The SMILES string of the molecule is C=C1C(=O)OC2C1CC(O)C(C)C=CCC1(C)OC21. The molecule has 0 spiro atoms. The summed E-state index contributed by atoms with van der Waals surface area (Å²) < 4.78 is 11.2. The van der Waals surface area contributed by atoms with E-state index in [1.54, 1.807) is 0 Å². The van der Waals surface area contributed by atoms with Crippen LogP contribution < -0.4 is 0 Å². The standard InChI is InChI=1S/C15H20O4/c1-8-5-4-6-15(3)13(19-15)12-10(7-11(8)16)9(2)14(17)18-12/h4-5,8,10-13,16H,2,6-7H2,1,3H3. The zero-order valence-corrected chi connectivity index (χ0v) is 11.3. The number of carbonyl (C=O) groups is 1. The highest BCUT2D eigenvalue weighted by molar-refractivity contribution is 5.91. The van der Waals surface area contributed by atoms with Crippen LogP contribution in [0.3, 0.4) is 0 Å². The normalized spacial score (nSPS) is 49.3. The van der Waals surface area contributed by atoms with Crippen LogP contribution >= 0.6 is 0 Å². The quantitative estimate of drug-likeness (QED) is 0.312. The first kappa shape index (κ1) is 12.9. The van der Waals surface area contributed by atoms with Gasteiger partial charge < -0.3 is 14.6 Å². The van der Waals surface area contributed by atoms with Crippen LogP contribution in [-0.2, 0) is 14.3 Å². The van der Waals surface area contributed by atoms with Crippen LogP contribution in [0.1, 0.15) is 26.7 Å². The monoisotopic (exact) mass is 264 g/mol. The van der Waals surface area contributed by atoms with Gasteiger partial charge in [-0.1, -0.05) is 25.7 Å². The summed E-state index contributed by atoms with van der Waals surface area (Å²) >= 11 is 0. The first-order valence-electron chi connectivity index (χ1n) is 6.85. The van der Waals surface area contributed by atoms with Crippen molar-refractivity contribution in [2.45, 2.75) is 50.6 Å². The van der Waals surface area contributed by atoms with Gasteiger partial charge in [0.25, 0.3) is 0 Å². The second-order valence-electron chi connectivity index (χ2n) is 6.15. The van der Waals surface area contributed by atoms with Gasteiger partial charge in [-0.3, -0.25) is 0 Å². The first-order valence-corrected chi connectivity index (χ1v) is 6.85. The van der Waals surface area contributed by atoms with Crippen molar-refractivity contribution < 1.29 is 19.4 Å². The molecule has 2 heterocycles. The van der Waals surface area contributed by atoms with Gasteiger partial charge in [0.15, 0.2) is 0 Å². The average Bonchev–Trinajstić information content (AvgIpc) is 2.95. The maximum absolute atomic E-state index is 11.7. The van der Waals surface area contributed by atoms with Gasteiger partial charge in [0.2, 0.25) is 0 Å². The summed E-state index contributed by atoms with van der Waals surface area (Å²) in [7, 11) is 0. The number of epoxide rings is 1. The third kappa shape index (κ3) is 2.03. The van der Waals surface area contributed by atoms with Gasteiger partial charge in [-0.25, -0.2) is 4.79 Å². The van der Waals surface area contributed by atoms with Crippen LogP contribution in [0.15, 0.2) is 24.3 Å². The maximum Gasteiger partial charge on any atom is 0.334 e. The second-order valence-corrected chi connectivity index (χ2v) is 6.15. The van der Waals surface area contributed by atoms with E-state index in [0.717, 1.165) is 6.42 Å². The van der Waals surface area contributed by atoms with Crippen LogP contribution in [0, 0.1) is 11.8 Å². The van der Waals surface area contributed by atoms with Crippen LogP contribution in [-0.4, -0.2) is 35.0 Å². The van der Waals surface area contributed by atoms with Crippen molar-refractivity contribution in [2.75, 3.05) is 0 Å². The van der Waals surface area contributed by atoms with E-state index in [1.165, 1.54) is 0 Å². The fraction of sp³-hybridized carbons (Fsp3) is 0.667.